The topological polar surface area (TPSA) is 41.1 Å². The number of para-hydroxylation sites is 2. The Morgan fingerprint density at radius 2 is 1.76 bits per heavy atom. The third-order valence-corrected chi connectivity index (χ3v) is 4.13. The van der Waals surface area contributed by atoms with Gasteiger partial charge in [0.2, 0.25) is 0 Å². The number of carbonyl (C=O) groups excluding carboxylic acids is 1. The molecule has 2 aliphatic rings. The molecule has 3 nitrogen and oxygen atoms in total. The Bertz CT molecular complexity index is 748. The van der Waals surface area contributed by atoms with Gasteiger partial charge in [0, 0.05) is 23.5 Å². The van der Waals surface area contributed by atoms with Gasteiger partial charge in [0.1, 0.15) is 6.04 Å². The second-order valence-electron chi connectivity index (χ2n) is 5.54. The van der Waals surface area contributed by atoms with Gasteiger partial charge in [0.05, 0.1) is 0 Å². The number of carbonyl (C=O) groups is 1. The highest BCUT2D eigenvalue weighted by molar-refractivity contribution is 6.11. The molecule has 1 atom stereocenters. The minimum atomic E-state index is -0.232. The first-order chi connectivity index (χ1) is 10.3. The van der Waals surface area contributed by atoms with Gasteiger partial charge in [-0.2, -0.15) is 0 Å². The number of nitrogens with one attached hydrogen (secondary N) is 2. The Morgan fingerprint density at radius 3 is 2.62 bits per heavy atom. The van der Waals surface area contributed by atoms with Gasteiger partial charge in [-0.05, 0) is 35.8 Å². The molecule has 104 valence electrons. The van der Waals surface area contributed by atoms with E-state index in [1.807, 2.05) is 30.3 Å². The van der Waals surface area contributed by atoms with Crippen LogP contribution in [0.2, 0.25) is 0 Å². The predicted molar refractivity (Wildman–Crippen MR) is 84.9 cm³/mol. The molecule has 2 aromatic rings. The summed E-state index contributed by atoms with van der Waals surface area (Å²) in [7, 11) is 0. The van der Waals surface area contributed by atoms with Crippen LogP contribution in [0.5, 0.6) is 0 Å². The number of Topliss-reactive ketones (excluding diaryl/α,β-unsaturated/α-hetero) is 1. The average molecular weight is 276 g/mol. The van der Waals surface area contributed by atoms with Crippen molar-refractivity contribution in [3.63, 3.8) is 0 Å². The summed E-state index contributed by atoms with van der Waals surface area (Å²) >= 11 is 0. The van der Waals surface area contributed by atoms with Crippen LogP contribution in [0.1, 0.15) is 15.9 Å². The summed E-state index contributed by atoms with van der Waals surface area (Å²) in [5.74, 6) is 0.164. The van der Waals surface area contributed by atoms with E-state index in [9.17, 15) is 4.79 Å². The van der Waals surface area contributed by atoms with Gasteiger partial charge in [-0.3, -0.25) is 4.79 Å². The van der Waals surface area contributed by atoms with Gasteiger partial charge in [-0.25, -0.2) is 0 Å². The minimum absolute atomic E-state index is 0.164. The number of benzene rings is 2. The van der Waals surface area contributed by atoms with Crippen LogP contribution in [0.3, 0.4) is 0 Å². The van der Waals surface area contributed by atoms with Gasteiger partial charge in [0.15, 0.2) is 5.78 Å². The normalized spacial score (nSPS) is 21.4. The van der Waals surface area contributed by atoms with Gasteiger partial charge >= 0.3 is 0 Å². The number of hydrogen-bond donors (Lipinski definition) is 2. The van der Waals surface area contributed by atoms with Crippen LogP contribution < -0.4 is 10.6 Å². The molecule has 0 fully saturated rings. The smallest absolute Gasteiger partial charge is 0.191 e. The van der Waals surface area contributed by atoms with E-state index >= 15 is 0 Å². The number of rotatable bonds is 1. The van der Waals surface area contributed by atoms with Gasteiger partial charge < -0.3 is 10.6 Å². The first kappa shape index (κ1) is 12.2. The highest BCUT2D eigenvalue weighted by Crippen LogP contribution is 2.28. The first-order valence-corrected chi connectivity index (χ1v) is 7.22. The Kier molecular flexibility index (Phi) is 2.78. The molecule has 0 amide bonds. The zero-order valence-corrected chi connectivity index (χ0v) is 11.6. The Labute approximate surface area is 123 Å². The molecule has 0 saturated heterocycles. The molecule has 3 heteroatoms. The average Bonchev–Trinajstić information content (AvgIpc) is 2.84. The first-order valence-electron chi connectivity index (χ1n) is 7.22. The third kappa shape index (κ3) is 2.11. The summed E-state index contributed by atoms with van der Waals surface area (Å²) < 4.78 is 0. The van der Waals surface area contributed by atoms with Crippen molar-refractivity contribution in [2.24, 2.45) is 0 Å². The van der Waals surface area contributed by atoms with Gasteiger partial charge in [0.25, 0.3) is 0 Å². The summed E-state index contributed by atoms with van der Waals surface area (Å²) in [5.41, 5.74) is 5.48. The maximum Gasteiger partial charge on any atom is 0.191 e. The van der Waals surface area contributed by atoms with Crippen molar-refractivity contribution >= 4 is 17.2 Å². The lowest BCUT2D eigenvalue weighted by atomic mass is 9.96. The van der Waals surface area contributed by atoms with Crippen LogP contribution >= 0.6 is 0 Å². The van der Waals surface area contributed by atoms with Crippen molar-refractivity contribution in [2.45, 2.75) is 12.5 Å². The molecule has 2 aromatic carbocycles. The molecular formula is C18H16N2O. The molecule has 0 bridgehead atoms. The zero-order chi connectivity index (χ0) is 14.2. The number of anilines is 2. The SMILES string of the molecule is O=C1c2ccccc2NC1/C=C1\CNc2ccccc2C1. The summed E-state index contributed by atoms with van der Waals surface area (Å²) in [5, 5.41) is 6.72. The van der Waals surface area contributed by atoms with E-state index in [4.69, 9.17) is 0 Å². The predicted octanol–water partition coefficient (Wildman–Crippen LogP) is 3.26. The van der Waals surface area contributed by atoms with E-state index in [2.05, 4.69) is 34.9 Å². The fourth-order valence-corrected chi connectivity index (χ4v) is 3.06. The number of hydrogen-bond acceptors (Lipinski definition) is 3. The van der Waals surface area contributed by atoms with Crippen molar-refractivity contribution in [3.8, 4) is 0 Å². The number of fused-ring (bicyclic) bond motifs is 2. The lowest BCUT2D eigenvalue weighted by Gasteiger charge is -2.21. The highest BCUT2D eigenvalue weighted by atomic mass is 16.1. The Morgan fingerprint density at radius 1 is 1.00 bits per heavy atom. The van der Waals surface area contributed by atoms with Crippen LogP contribution in [-0.4, -0.2) is 18.4 Å². The van der Waals surface area contributed by atoms with Crippen LogP contribution in [0.15, 0.2) is 60.2 Å². The standard InChI is InChI=1S/C18H16N2O/c21-18-14-6-2-4-8-16(14)20-17(18)10-12-9-13-5-1-3-7-15(13)19-11-12/h1-8,10,17,19-20H,9,11H2/b12-10-. The second kappa shape index (κ2) is 4.77. The second-order valence-corrected chi connectivity index (χ2v) is 5.54. The van der Waals surface area contributed by atoms with Crippen LogP contribution in [-0.2, 0) is 6.42 Å². The van der Waals surface area contributed by atoms with E-state index in [0.717, 1.165) is 24.2 Å². The molecule has 21 heavy (non-hydrogen) atoms. The lowest BCUT2D eigenvalue weighted by molar-refractivity contribution is 0.0993. The van der Waals surface area contributed by atoms with E-state index in [0.29, 0.717) is 0 Å². The van der Waals surface area contributed by atoms with E-state index in [1.165, 1.54) is 16.8 Å². The molecule has 0 aliphatic carbocycles. The molecule has 1 unspecified atom stereocenters. The van der Waals surface area contributed by atoms with Crippen LogP contribution in [0.25, 0.3) is 0 Å². The van der Waals surface area contributed by atoms with Gasteiger partial charge in [-0.15, -0.1) is 0 Å². The largest absolute Gasteiger partial charge is 0.381 e. The molecule has 2 heterocycles. The van der Waals surface area contributed by atoms with Crippen molar-refractivity contribution < 1.29 is 4.79 Å². The maximum absolute atomic E-state index is 12.4. The third-order valence-electron chi connectivity index (χ3n) is 4.13. The minimum Gasteiger partial charge on any atom is -0.381 e. The monoisotopic (exact) mass is 276 g/mol. The molecule has 0 spiro atoms. The van der Waals surface area contributed by atoms with Crippen LogP contribution in [0, 0.1) is 0 Å². The van der Waals surface area contributed by atoms with E-state index in [1.54, 1.807) is 0 Å². The maximum atomic E-state index is 12.4. The van der Waals surface area contributed by atoms with Crippen molar-refractivity contribution in [1.82, 2.24) is 0 Å². The Balaban J connectivity index is 1.59. The molecule has 2 N–H and O–H groups in total. The summed E-state index contributed by atoms with van der Waals surface area (Å²) in [6.45, 7) is 0.804. The molecule has 0 radical (unpaired) electrons. The molecule has 0 saturated carbocycles. The van der Waals surface area contributed by atoms with Crippen LogP contribution in [0.4, 0.5) is 11.4 Å². The highest BCUT2D eigenvalue weighted by Gasteiger charge is 2.28. The van der Waals surface area contributed by atoms with Crippen molar-refractivity contribution in [2.75, 3.05) is 17.2 Å². The fraction of sp³-hybridized carbons (Fsp3) is 0.167. The molecule has 2 aliphatic heterocycles. The van der Waals surface area contributed by atoms with Gasteiger partial charge in [-0.1, -0.05) is 36.4 Å². The Hall–Kier alpha value is -2.55. The summed E-state index contributed by atoms with van der Waals surface area (Å²) in [6.07, 6.45) is 2.98. The molecular weight excluding hydrogens is 260 g/mol. The molecule has 0 aromatic heterocycles. The fourth-order valence-electron chi connectivity index (χ4n) is 3.06. The summed E-state index contributed by atoms with van der Waals surface area (Å²) in [6, 6.07) is 15.8. The van der Waals surface area contributed by atoms with Crippen molar-refractivity contribution in [1.29, 1.82) is 0 Å². The van der Waals surface area contributed by atoms with Crippen molar-refractivity contribution in [3.05, 3.63) is 71.3 Å². The zero-order valence-electron chi connectivity index (χ0n) is 11.6. The molecule has 4 rings (SSSR count). The van der Waals surface area contributed by atoms with E-state index < -0.39 is 0 Å². The number of ketones is 1. The summed E-state index contributed by atoms with van der Waals surface area (Å²) in [4.78, 5) is 12.4. The van der Waals surface area contributed by atoms with E-state index in [-0.39, 0.29) is 11.8 Å². The quantitative estimate of drug-likeness (QED) is 0.786. The lowest BCUT2D eigenvalue weighted by Crippen LogP contribution is -2.23.